The Hall–Kier alpha value is -3.36. The lowest BCUT2D eigenvalue weighted by molar-refractivity contribution is 0.0685. The number of aromatic carboxylic acids is 1. The molecule has 8 nitrogen and oxygen atoms in total. The summed E-state index contributed by atoms with van der Waals surface area (Å²) in [6.07, 6.45) is 2.55. The van der Waals surface area contributed by atoms with E-state index in [-0.39, 0.29) is 10.8 Å². The van der Waals surface area contributed by atoms with E-state index in [0.29, 0.717) is 24.6 Å². The molecule has 6 N–H and O–H groups in total. The molecule has 3 rings (SSSR count). The van der Waals surface area contributed by atoms with Gasteiger partial charge in [0.1, 0.15) is 5.82 Å². The summed E-state index contributed by atoms with van der Waals surface area (Å²) in [5.74, 6) is 10.9. The predicted octanol–water partition coefficient (Wildman–Crippen LogP) is 4.40. The van der Waals surface area contributed by atoms with E-state index in [2.05, 4.69) is 22.4 Å². The number of rotatable bonds is 8. The quantitative estimate of drug-likeness (QED) is 0.167. The van der Waals surface area contributed by atoms with Crippen molar-refractivity contribution in [3.05, 3.63) is 76.3 Å². The van der Waals surface area contributed by atoms with E-state index in [9.17, 15) is 9.90 Å². The Morgan fingerprint density at radius 1 is 1.18 bits per heavy atom. The molecule has 0 amide bonds. The summed E-state index contributed by atoms with van der Waals surface area (Å²) >= 11 is 6.12. The SMILES string of the molecule is CC.CCCCc1nc(Cl)c(C(=O)O)n1Cc1ccc(-c2ccccc2/C(=N/N)NN)cc1. The molecule has 0 aliphatic rings. The Bertz CT molecular complexity index is 1090. The summed E-state index contributed by atoms with van der Waals surface area (Å²) in [6.45, 7) is 6.44. The van der Waals surface area contributed by atoms with Crippen LogP contribution in [0.25, 0.3) is 11.1 Å². The van der Waals surface area contributed by atoms with E-state index in [1.165, 1.54) is 0 Å². The van der Waals surface area contributed by atoms with Crippen molar-refractivity contribution < 1.29 is 9.90 Å². The van der Waals surface area contributed by atoms with Gasteiger partial charge in [-0.2, -0.15) is 5.10 Å². The molecule has 0 spiro atoms. The van der Waals surface area contributed by atoms with Crippen molar-refractivity contribution in [2.75, 3.05) is 0 Å². The molecule has 9 heteroatoms. The van der Waals surface area contributed by atoms with Gasteiger partial charge in [0.2, 0.25) is 0 Å². The van der Waals surface area contributed by atoms with Gasteiger partial charge in [-0.25, -0.2) is 15.6 Å². The highest BCUT2D eigenvalue weighted by molar-refractivity contribution is 6.32. The fourth-order valence-corrected chi connectivity index (χ4v) is 3.75. The van der Waals surface area contributed by atoms with Gasteiger partial charge in [0.15, 0.2) is 16.7 Å². The normalized spacial score (nSPS) is 11.0. The molecular weight excluding hydrogens is 440 g/mol. The maximum atomic E-state index is 11.7. The zero-order valence-electron chi connectivity index (χ0n) is 19.2. The summed E-state index contributed by atoms with van der Waals surface area (Å²) in [5.41, 5.74) is 6.09. The minimum absolute atomic E-state index is 0.0139. The van der Waals surface area contributed by atoms with Gasteiger partial charge >= 0.3 is 5.97 Å². The number of hydrogen-bond acceptors (Lipinski definition) is 5. The van der Waals surface area contributed by atoms with Crippen LogP contribution in [0.1, 0.15) is 61.1 Å². The number of hydrazine groups is 1. The Morgan fingerprint density at radius 3 is 2.42 bits per heavy atom. The number of carboxylic acids is 1. The van der Waals surface area contributed by atoms with Crippen LogP contribution < -0.4 is 17.1 Å². The van der Waals surface area contributed by atoms with Crippen LogP contribution in [0.2, 0.25) is 5.15 Å². The summed E-state index contributed by atoms with van der Waals surface area (Å²) in [5, 5.41) is 13.3. The highest BCUT2D eigenvalue weighted by Gasteiger charge is 2.21. The van der Waals surface area contributed by atoms with E-state index < -0.39 is 5.97 Å². The molecule has 0 radical (unpaired) electrons. The lowest BCUT2D eigenvalue weighted by Crippen LogP contribution is -2.32. The van der Waals surface area contributed by atoms with Crippen molar-refractivity contribution in [3.63, 3.8) is 0 Å². The molecule has 0 atom stereocenters. The van der Waals surface area contributed by atoms with E-state index >= 15 is 0 Å². The molecule has 2 aromatic carbocycles. The second-order valence-corrected chi connectivity index (χ2v) is 7.38. The third-order valence-electron chi connectivity index (χ3n) is 5.01. The molecular formula is C24H31ClN6O2. The van der Waals surface area contributed by atoms with Crippen molar-refractivity contribution in [2.24, 2.45) is 16.8 Å². The van der Waals surface area contributed by atoms with E-state index in [1.54, 1.807) is 4.57 Å². The molecule has 0 aliphatic heterocycles. The number of benzene rings is 2. The fourth-order valence-electron chi connectivity index (χ4n) is 3.46. The van der Waals surface area contributed by atoms with E-state index in [0.717, 1.165) is 35.1 Å². The van der Waals surface area contributed by atoms with Gasteiger partial charge < -0.3 is 20.9 Å². The summed E-state index contributed by atoms with van der Waals surface area (Å²) < 4.78 is 1.68. The maximum absolute atomic E-state index is 11.7. The number of aryl methyl sites for hydroxylation is 1. The van der Waals surface area contributed by atoms with Gasteiger partial charge in [0.05, 0.1) is 0 Å². The first-order valence-electron chi connectivity index (χ1n) is 10.9. The third-order valence-corrected chi connectivity index (χ3v) is 5.28. The minimum atomic E-state index is -1.09. The van der Waals surface area contributed by atoms with Crippen LogP contribution in [0, 0.1) is 0 Å². The highest BCUT2D eigenvalue weighted by atomic mass is 35.5. The van der Waals surface area contributed by atoms with E-state index in [1.807, 2.05) is 62.4 Å². The Morgan fingerprint density at radius 2 is 1.85 bits per heavy atom. The molecule has 0 bridgehead atoms. The van der Waals surface area contributed by atoms with Crippen molar-refractivity contribution in [1.82, 2.24) is 15.0 Å². The summed E-state index contributed by atoms with van der Waals surface area (Å²) in [4.78, 5) is 16.0. The van der Waals surface area contributed by atoms with Crippen LogP contribution in [-0.4, -0.2) is 26.5 Å². The molecule has 0 saturated heterocycles. The monoisotopic (exact) mass is 470 g/mol. The number of nitrogens with zero attached hydrogens (tertiary/aromatic N) is 3. The Kier molecular flexibility index (Phi) is 9.90. The summed E-state index contributed by atoms with van der Waals surface area (Å²) in [6, 6.07) is 15.4. The molecule has 0 fully saturated rings. The van der Waals surface area contributed by atoms with Crippen LogP contribution in [-0.2, 0) is 13.0 Å². The molecule has 0 unspecified atom stereocenters. The maximum Gasteiger partial charge on any atom is 0.355 e. The summed E-state index contributed by atoms with van der Waals surface area (Å²) in [7, 11) is 0. The number of halogens is 1. The first-order valence-corrected chi connectivity index (χ1v) is 11.3. The van der Waals surface area contributed by atoms with Crippen LogP contribution >= 0.6 is 11.6 Å². The Labute approximate surface area is 199 Å². The minimum Gasteiger partial charge on any atom is -0.476 e. The van der Waals surface area contributed by atoms with Crippen molar-refractivity contribution >= 4 is 23.4 Å². The average Bonchev–Trinajstić information content (AvgIpc) is 3.15. The van der Waals surface area contributed by atoms with Crippen molar-refractivity contribution in [1.29, 1.82) is 0 Å². The average molecular weight is 471 g/mol. The van der Waals surface area contributed by atoms with Crippen LogP contribution in [0.5, 0.6) is 0 Å². The Balaban J connectivity index is 0.00000187. The number of hydrazone groups is 1. The first-order chi connectivity index (χ1) is 16.0. The van der Waals surface area contributed by atoms with Crippen LogP contribution in [0.4, 0.5) is 0 Å². The van der Waals surface area contributed by atoms with E-state index in [4.69, 9.17) is 23.3 Å². The largest absolute Gasteiger partial charge is 0.476 e. The molecule has 33 heavy (non-hydrogen) atoms. The number of unbranched alkanes of at least 4 members (excludes halogenated alkanes) is 1. The first kappa shape index (κ1) is 25.9. The number of hydrogen-bond donors (Lipinski definition) is 4. The molecule has 1 heterocycles. The number of amidine groups is 1. The molecule has 0 aliphatic carbocycles. The number of carboxylic acid groups (broad SMARTS) is 1. The standard InChI is InChI=1S/C22H25ClN6O2.C2H6/c1-2-3-8-18-26-20(23)19(22(30)31)29(18)13-14-9-11-15(12-10-14)16-6-4-5-7-17(16)21(27-24)28-25;1-2/h4-7,9-12H,2-3,8,13,24-25H2,1H3,(H,27,28)(H,30,31);1-2H3. The van der Waals surface area contributed by atoms with Gasteiger partial charge in [-0.15, -0.1) is 0 Å². The van der Waals surface area contributed by atoms with Gasteiger partial charge in [-0.3, -0.25) is 0 Å². The number of carbonyl (C=O) groups is 1. The van der Waals surface area contributed by atoms with Crippen LogP contribution in [0.3, 0.4) is 0 Å². The van der Waals surface area contributed by atoms with Gasteiger partial charge in [0, 0.05) is 18.5 Å². The fraction of sp³-hybridized carbons (Fsp3) is 0.292. The van der Waals surface area contributed by atoms with Gasteiger partial charge in [-0.05, 0) is 23.1 Å². The lowest BCUT2D eigenvalue weighted by Gasteiger charge is -2.13. The number of nitrogens with two attached hydrogens (primary N) is 2. The number of aromatic nitrogens is 2. The zero-order chi connectivity index (χ0) is 24.4. The second-order valence-electron chi connectivity index (χ2n) is 7.03. The van der Waals surface area contributed by atoms with Gasteiger partial charge in [-0.1, -0.05) is 87.3 Å². The smallest absolute Gasteiger partial charge is 0.355 e. The third kappa shape index (κ3) is 6.12. The van der Waals surface area contributed by atoms with Crippen LogP contribution in [0.15, 0.2) is 53.6 Å². The number of nitrogens with one attached hydrogen (secondary N) is 1. The zero-order valence-corrected chi connectivity index (χ0v) is 19.9. The van der Waals surface area contributed by atoms with Crippen molar-refractivity contribution in [2.45, 2.75) is 46.6 Å². The van der Waals surface area contributed by atoms with Crippen molar-refractivity contribution in [3.8, 4) is 11.1 Å². The number of imidazole rings is 1. The second kappa shape index (κ2) is 12.6. The lowest BCUT2D eigenvalue weighted by atomic mass is 9.98. The van der Waals surface area contributed by atoms with Gasteiger partial charge in [0.25, 0.3) is 0 Å². The molecule has 0 saturated carbocycles. The predicted molar refractivity (Wildman–Crippen MR) is 133 cm³/mol. The topological polar surface area (TPSA) is 132 Å². The molecule has 1 aromatic heterocycles. The highest BCUT2D eigenvalue weighted by Crippen LogP contribution is 2.26. The molecule has 3 aromatic rings. The molecule has 176 valence electrons.